The Bertz CT molecular complexity index is 711. The summed E-state index contributed by atoms with van der Waals surface area (Å²) in [6.45, 7) is 0.135. The van der Waals surface area contributed by atoms with Gasteiger partial charge in [0.05, 0.1) is 15.1 Å². The number of nitrogens with zero attached hydrogens (tertiary/aromatic N) is 1. The normalized spacial score (nSPS) is 10.6. The molecular formula is C15H11Cl3FNO2. The number of amides is 1. The van der Waals surface area contributed by atoms with Gasteiger partial charge in [-0.15, -0.1) is 0 Å². The molecule has 0 heterocycles. The van der Waals surface area contributed by atoms with Crippen molar-refractivity contribution in [3.63, 3.8) is 0 Å². The third kappa shape index (κ3) is 3.46. The monoisotopic (exact) mass is 361 g/mol. The third-order valence-electron chi connectivity index (χ3n) is 3.01. The van der Waals surface area contributed by atoms with Gasteiger partial charge in [-0.1, -0.05) is 46.9 Å². The molecule has 0 fully saturated rings. The van der Waals surface area contributed by atoms with Crippen molar-refractivity contribution in [1.82, 2.24) is 4.90 Å². The quantitative estimate of drug-likeness (QED) is 0.799. The average Bonchev–Trinajstić information content (AvgIpc) is 2.45. The number of carbonyl (C=O) groups is 1. The Labute approximate surface area is 141 Å². The van der Waals surface area contributed by atoms with Crippen molar-refractivity contribution >= 4 is 40.7 Å². The van der Waals surface area contributed by atoms with E-state index in [9.17, 15) is 14.3 Å². The minimum absolute atomic E-state index is 0.0620. The lowest BCUT2D eigenvalue weighted by Gasteiger charge is -2.19. The van der Waals surface area contributed by atoms with Gasteiger partial charge in [0.2, 0.25) is 0 Å². The predicted octanol–water partition coefficient (Wildman–Crippen LogP) is 4.76. The molecule has 1 N–H and O–H groups in total. The van der Waals surface area contributed by atoms with Crippen LogP contribution < -0.4 is 0 Å². The minimum atomic E-state index is -0.573. The highest BCUT2D eigenvalue weighted by Gasteiger charge is 2.24. The lowest BCUT2D eigenvalue weighted by Crippen LogP contribution is -2.26. The summed E-state index contributed by atoms with van der Waals surface area (Å²) in [6, 6.07) is 7.11. The van der Waals surface area contributed by atoms with E-state index in [0.29, 0.717) is 5.56 Å². The molecule has 1 amide bonds. The molecule has 3 nitrogen and oxygen atoms in total. The predicted molar refractivity (Wildman–Crippen MR) is 85.3 cm³/mol. The third-order valence-corrected chi connectivity index (χ3v) is 4.09. The SMILES string of the molecule is CN(Cc1cccc(F)c1)C(=O)c1c(O)c(Cl)cc(Cl)c1Cl. The van der Waals surface area contributed by atoms with Gasteiger partial charge in [-0.2, -0.15) is 0 Å². The fraction of sp³-hybridized carbons (Fsp3) is 0.133. The van der Waals surface area contributed by atoms with Crippen molar-refractivity contribution in [2.24, 2.45) is 0 Å². The van der Waals surface area contributed by atoms with Gasteiger partial charge in [0.15, 0.2) is 0 Å². The molecule has 0 aliphatic rings. The summed E-state index contributed by atoms with van der Waals surface area (Å²) in [5, 5.41) is 9.86. The van der Waals surface area contributed by atoms with Crippen molar-refractivity contribution < 1.29 is 14.3 Å². The standard InChI is InChI=1S/C15H11Cl3FNO2/c1-20(7-8-3-2-4-9(19)5-8)15(22)12-13(18)10(16)6-11(17)14(12)21/h2-6,21H,7H2,1H3. The Hall–Kier alpha value is -1.49. The molecule has 0 radical (unpaired) electrons. The van der Waals surface area contributed by atoms with Crippen LogP contribution in [0.2, 0.25) is 15.1 Å². The number of phenols is 1. The molecule has 7 heteroatoms. The van der Waals surface area contributed by atoms with Gasteiger partial charge in [0.1, 0.15) is 17.1 Å². The van der Waals surface area contributed by atoms with E-state index in [1.165, 1.54) is 30.1 Å². The van der Waals surface area contributed by atoms with Crippen LogP contribution in [-0.2, 0) is 6.54 Å². The average molecular weight is 363 g/mol. The smallest absolute Gasteiger partial charge is 0.259 e. The van der Waals surface area contributed by atoms with Gasteiger partial charge in [-0.25, -0.2) is 4.39 Å². The Kier molecular flexibility index (Phi) is 5.16. The number of phenolic OH excluding ortho intramolecular Hbond substituents is 1. The number of halogens is 4. The van der Waals surface area contributed by atoms with Crippen LogP contribution in [0, 0.1) is 5.82 Å². The first-order chi connectivity index (χ1) is 10.3. The summed E-state index contributed by atoms with van der Waals surface area (Å²) in [4.78, 5) is 13.7. The van der Waals surface area contributed by atoms with E-state index < -0.39 is 17.5 Å². The van der Waals surface area contributed by atoms with Crippen LogP contribution in [0.5, 0.6) is 5.75 Å². The molecule has 116 valence electrons. The van der Waals surface area contributed by atoms with Crippen molar-refractivity contribution in [1.29, 1.82) is 0 Å². The van der Waals surface area contributed by atoms with Gasteiger partial charge in [-0.05, 0) is 23.8 Å². The zero-order valence-corrected chi connectivity index (χ0v) is 13.7. The number of hydrogen-bond acceptors (Lipinski definition) is 2. The zero-order chi connectivity index (χ0) is 16.4. The lowest BCUT2D eigenvalue weighted by molar-refractivity contribution is 0.0782. The molecule has 2 rings (SSSR count). The van der Waals surface area contributed by atoms with Crippen molar-refractivity contribution in [3.05, 3.63) is 62.3 Å². The zero-order valence-electron chi connectivity index (χ0n) is 11.4. The molecule has 2 aromatic rings. The van der Waals surface area contributed by atoms with Crippen LogP contribution in [0.15, 0.2) is 30.3 Å². The Morgan fingerprint density at radius 1 is 1.23 bits per heavy atom. The lowest BCUT2D eigenvalue weighted by atomic mass is 10.1. The van der Waals surface area contributed by atoms with Crippen LogP contribution in [0.25, 0.3) is 0 Å². The van der Waals surface area contributed by atoms with E-state index in [2.05, 4.69) is 0 Å². The van der Waals surface area contributed by atoms with Crippen LogP contribution in [0.3, 0.4) is 0 Å². The van der Waals surface area contributed by atoms with Crippen LogP contribution in [0.1, 0.15) is 15.9 Å². The number of aromatic hydroxyl groups is 1. The molecule has 22 heavy (non-hydrogen) atoms. The van der Waals surface area contributed by atoms with Crippen LogP contribution in [0.4, 0.5) is 4.39 Å². The first kappa shape index (κ1) is 16.9. The van der Waals surface area contributed by atoms with E-state index in [4.69, 9.17) is 34.8 Å². The van der Waals surface area contributed by atoms with Gasteiger partial charge in [0, 0.05) is 13.6 Å². The van der Waals surface area contributed by atoms with E-state index in [0.717, 1.165) is 0 Å². The summed E-state index contributed by atoms with van der Waals surface area (Å²) in [5.74, 6) is -1.41. The van der Waals surface area contributed by atoms with Gasteiger partial charge in [-0.3, -0.25) is 4.79 Å². The van der Waals surface area contributed by atoms with Gasteiger partial charge < -0.3 is 10.0 Å². The summed E-state index contributed by atoms with van der Waals surface area (Å²) in [6.07, 6.45) is 0. The Morgan fingerprint density at radius 3 is 2.55 bits per heavy atom. The molecule has 0 saturated carbocycles. The molecule has 0 aromatic heterocycles. The molecule has 0 aliphatic heterocycles. The molecule has 0 unspecified atom stereocenters. The van der Waals surface area contributed by atoms with Gasteiger partial charge in [0.25, 0.3) is 5.91 Å². The summed E-state index contributed by atoms with van der Waals surface area (Å²) in [7, 11) is 1.50. The maximum absolute atomic E-state index is 13.2. The second-order valence-electron chi connectivity index (χ2n) is 4.67. The fourth-order valence-corrected chi connectivity index (χ4v) is 2.64. The molecule has 0 aliphatic carbocycles. The summed E-state index contributed by atoms with van der Waals surface area (Å²) >= 11 is 17.7. The maximum Gasteiger partial charge on any atom is 0.259 e. The molecule has 0 spiro atoms. The van der Waals surface area contributed by atoms with Crippen molar-refractivity contribution in [2.75, 3.05) is 7.05 Å². The highest BCUT2D eigenvalue weighted by molar-refractivity contribution is 6.45. The van der Waals surface area contributed by atoms with Crippen molar-refractivity contribution in [2.45, 2.75) is 6.54 Å². The second-order valence-corrected chi connectivity index (χ2v) is 5.86. The highest BCUT2D eigenvalue weighted by Crippen LogP contribution is 2.39. The molecule has 2 aromatic carbocycles. The first-order valence-electron chi connectivity index (χ1n) is 6.17. The molecular weight excluding hydrogens is 352 g/mol. The van der Waals surface area contributed by atoms with E-state index in [1.807, 2.05) is 0 Å². The van der Waals surface area contributed by atoms with Crippen LogP contribution >= 0.6 is 34.8 Å². The van der Waals surface area contributed by atoms with E-state index in [1.54, 1.807) is 12.1 Å². The highest BCUT2D eigenvalue weighted by atomic mass is 35.5. The Balaban J connectivity index is 2.32. The molecule has 0 bridgehead atoms. The molecule has 0 saturated heterocycles. The van der Waals surface area contributed by atoms with E-state index in [-0.39, 0.29) is 27.2 Å². The van der Waals surface area contributed by atoms with E-state index >= 15 is 0 Å². The minimum Gasteiger partial charge on any atom is -0.505 e. The topological polar surface area (TPSA) is 40.5 Å². The Morgan fingerprint density at radius 2 is 1.91 bits per heavy atom. The largest absolute Gasteiger partial charge is 0.505 e. The molecule has 0 atom stereocenters. The summed E-state index contributed by atoms with van der Waals surface area (Å²) < 4.78 is 13.2. The summed E-state index contributed by atoms with van der Waals surface area (Å²) in [5.41, 5.74) is 0.414. The van der Waals surface area contributed by atoms with Gasteiger partial charge >= 0.3 is 0 Å². The van der Waals surface area contributed by atoms with Crippen molar-refractivity contribution in [3.8, 4) is 5.75 Å². The number of benzene rings is 2. The van der Waals surface area contributed by atoms with Crippen LogP contribution in [-0.4, -0.2) is 23.0 Å². The second kappa shape index (κ2) is 6.73. The fourth-order valence-electron chi connectivity index (χ4n) is 1.95. The number of rotatable bonds is 3. The maximum atomic E-state index is 13.2. The number of carbonyl (C=O) groups excluding carboxylic acids is 1. The number of hydrogen-bond donors (Lipinski definition) is 1. The first-order valence-corrected chi connectivity index (χ1v) is 7.31.